The standard InChI is InChI=1S/C16H18F2N4O2/c1-22-7-8-4-9(22)5-12(8)19-15(23)14-11-3-2-10(24-16(17)18)6-13(11)20-21-14/h2-3,6,8-9,12,16H,4-5,7H2,1H3,(H,19,23)(H,20,21). The first-order chi connectivity index (χ1) is 11.5. The Morgan fingerprint density at radius 1 is 1.46 bits per heavy atom. The Labute approximate surface area is 137 Å². The van der Waals surface area contributed by atoms with Gasteiger partial charge in [0.2, 0.25) is 0 Å². The van der Waals surface area contributed by atoms with E-state index in [2.05, 4.69) is 32.2 Å². The molecule has 1 saturated heterocycles. The van der Waals surface area contributed by atoms with Crippen LogP contribution in [0.1, 0.15) is 23.3 Å². The Morgan fingerprint density at radius 3 is 2.96 bits per heavy atom. The number of likely N-dealkylation sites (tertiary alicyclic amines) is 1. The first-order valence-electron chi connectivity index (χ1n) is 7.95. The lowest BCUT2D eigenvalue weighted by molar-refractivity contribution is -0.0497. The Morgan fingerprint density at radius 2 is 2.29 bits per heavy atom. The number of hydrogen-bond donors (Lipinski definition) is 2. The van der Waals surface area contributed by atoms with Crippen molar-refractivity contribution in [2.24, 2.45) is 5.92 Å². The largest absolute Gasteiger partial charge is 0.435 e. The summed E-state index contributed by atoms with van der Waals surface area (Å²) in [7, 11) is 2.11. The number of aromatic amines is 1. The number of carbonyl (C=O) groups excluding carboxylic acids is 1. The molecule has 6 nitrogen and oxygen atoms in total. The normalized spacial score (nSPS) is 26.4. The van der Waals surface area contributed by atoms with Crippen LogP contribution in [-0.4, -0.2) is 53.3 Å². The van der Waals surface area contributed by atoms with Crippen molar-refractivity contribution in [1.29, 1.82) is 0 Å². The van der Waals surface area contributed by atoms with Crippen molar-refractivity contribution in [3.05, 3.63) is 23.9 Å². The van der Waals surface area contributed by atoms with Crippen LogP contribution in [0, 0.1) is 5.92 Å². The summed E-state index contributed by atoms with van der Waals surface area (Å²) >= 11 is 0. The molecule has 1 aromatic heterocycles. The van der Waals surface area contributed by atoms with Crippen LogP contribution in [0.5, 0.6) is 5.75 Å². The van der Waals surface area contributed by atoms with Crippen molar-refractivity contribution in [2.75, 3.05) is 13.6 Å². The fourth-order valence-corrected chi connectivity index (χ4v) is 3.94. The first-order valence-corrected chi connectivity index (χ1v) is 7.95. The van der Waals surface area contributed by atoms with Gasteiger partial charge in [-0.2, -0.15) is 13.9 Å². The molecule has 1 aliphatic heterocycles. The summed E-state index contributed by atoms with van der Waals surface area (Å²) in [6, 6.07) is 5.11. The lowest BCUT2D eigenvalue weighted by Gasteiger charge is -2.28. The van der Waals surface area contributed by atoms with Crippen molar-refractivity contribution in [3.63, 3.8) is 0 Å². The molecule has 2 bridgehead atoms. The van der Waals surface area contributed by atoms with E-state index in [0.717, 1.165) is 19.4 Å². The fraction of sp³-hybridized carbons (Fsp3) is 0.500. The smallest absolute Gasteiger partial charge is 0.387 e. The van der Waals surface area contributed by atoms with Gasteiger partial charge in [0.15, 0.2) is 5.69 Å². The van der Waals surface area contributed by atoms with Gasteiger partial charge in [0.25, 0.3) is 5.91 Å². The molecule has 2 N–H and O–H groups in total. The van der Waals surface area contributed by atoms with Gasteiger partial charge in [0.05, 0.1) is 5.52 Å². The number of amides is 1. The molecule has 8 heteroatoms. The third-order valence-electron chi connectivity index (χ3n) is 5.11. The first kappa shape index (κ1) is 15.3. The molecule has 24 heavy (non-hydrogen) atoms. The maximum absolute atomic E-state index is 12.5. The Bertz CT molecular complexity index is 777. The van der Waals surface area contributed by atoms with Gasteiger partial charge in [-0.05, 0) is 37.9 Å². The molecule has 4 rings (SSSR count). The molecule has 2 heterocycles. The lowest BCUT2D eigenvalue weighted by atomic mass is 10.0. The number of hydrogen-bond acceptors (Lipinski definition) is 4. The van der Waals surface area contributed by atoms with Gasteiger partial charge in [-0.15, -0.1) is 0 Å². The van der Waals surface area contributed by atoms with Crippen molar-refractivity contribution in [1.82, 2.24) is 20.4 Å². The Kier molecular flexibility index (Phi) is 3.64. The number of fused-ring (bicyclic) bond motifs is 3. The fourth-order valence-electron chi connectivity index (χ4n) is 3.94. The van der Waals surface area contributed by atoms with Gasteiger partial charge in [-0.3, -0.25) is 9.89 Å². The van der Waals surface area contributed by atoms with Crippen LogP contribution >= 0.6 is 0 Å². The number of carbonyl (C=O) groups is 1. The maximum atomic E-state index is 12.5. The summed E-state index contributed by atoms with van der Waals surface area (Å²) in [6.07, 6.45) is 2.08. The van der Waals surface area contributed by atoms with Gasteiger partial charge in [-0.1, -0.05) is 0 Å². The second kappa shape index (κ2) is 5.70. The van der Waals surface area contributed by atoms with Crippen LogP contribution in [0.3, 0.4) is 0 Å². The molecule has 1 saturated carbocycles. The quantitative estimate of drug-likeness (QED) is 0.896. The molecule has 128 valence electrons. The highest BCUT2D eigenvalue weighted by atomic mass is 19.3. The van der Waals surface area contributed by atoms with Gasteiger partial charge < -0.3 is 15.0 Å². The van der Waals surface area contributed by atoms with E-state index < -0.39 is 6.61 Å². The minimum atomic E-state index is -2.89. The van der Waals surface area contributed by atoms with E-state index in [9.17, 15) is 13.6 Å². The van der Waals surface area contributed by atoms with Gasteiger partial charge >= 0.3 is 6.61 Å². The molecular formula is C16H18F2N4O2. The molecule has 2 aromatic rings. The lowest BCUT2D eigenvalue weighted by Crippen LogP contribution is -2.44. The predicted molar refractivity (Wildman–Crippen MR) is 83.1 cm³/mol. The zero-order valence-corrected chi connectivity index (χ0v) is 13.1. The van der Waals surface area contributed by atoms with E-state index in [-0.39, 0.29) is 23.4 Å². The molecule has 1 aliphatic carbocycles. The van der Waals surface area contributed by atoms with E-state index in [1.807, 2.05) is 0 Å². The number of rotatable bonds is 4. The maximum Gasteiger partial charge on any atom is 0.387 e. The average molecular weight is 336 g/mol. The SMILES string of the molecule is CN1CC2CC1CC2NC(=O)c1n[nH]c2cc(OC(F)F)ccc12. The number of aromatic nitrogens is 2. The number of piperidine rings is 1. The molecule has 1 amide bonds. The zero-order chi connectivity index (χ0) is 16.8. The van der Waals surface area contributed by atoms with Crippen LogP contribution in [0.25, 0.3) is 10.9 Å². The predicted octanol–water partition coefficient (Wildman–Crippen LogP) is 1.99. The number of H-pyrrole nitrogens is 1. The van der Waals surface area contributed by atoms with Gasteiger partial charge in [0, 0.05) is 30.1 Å². The third-order valence-corrected chi connectivity index (χ3v) is 5.11. The molecular weight excluding hydrogens is 318 g/mol. The molecule has 2 aliphatic rings. The van der Waals surface area contributed by atoms with Crippen molar-refractivity contribution in [2.45, 2.75) is 31.5 Å². The minimum absolute atomic E-state index is 0.0317. The highest BCUT2D eigenvalue weighted by molar-refractivity contribution is 6.05. The highest BCUT2D eigenvalue weighted by Crippen LogP contribution is 2.36. The number of benzene rings is 1. The Hall–Kier alpha value is -2.22. The number of ether oxygens (including phenoxy) is 1. The number of nitrogens with one attached hydrogen (secondary N) is 2. The summed E-state index contributed by atoms with van der Waals surface area (Å²) in [6.45, 7) is -1.88. The number of alkyl halides is 2. The van der Waals surface area contributed by atoms with Crippen LogP contribution in [0.15, 0.2) is 18.2 Å². The third kappa shape index (κ3) is 2.60. The molecule has 2 fully saturated rings. The molecule has 0 radical (unpaired) electrons. The molecule has 1 aromatic carbocycles. The van der Waals surface area contributed by atoms with Gasteiger partial charge in [0.1, 0.15) is 5.75 Å². The second-order valence-electron chi connectivity index (χ2n) is 6.56. The molecule has 3 atom stereocenters. The number of nitrogens with zero attached hydrogens (tertiary/aromatic N) is 2. The highest BCUT2D eigenvalue weighted by Gasteiger charge is 2.43. The summed E-state index contributed by atoms with van der Waals surface area (Å²) in [4.78, 5) is 14.9. The van der Waals surface area contributed by atoms with E-state index in [0.29, 0.717) is 22.9 Å². The van der Waals surface area contributed by atoms with Gasteiger partial charge in [-0.25, -0.2) is 0 Å². The monoisotopic (exact) mass is 336 g/mol. The average Bonchev–Trinajstić information content (AvgIpc) is 3.19. The van der Waals surface area contributed by atoms with Crippen LogP contribution < -0.4 is 10.1 Å². The minimum Gasteiger partial charge on any atom is -0.435 e. The summed E-state index contributed by atoms with van der Waals surface area (Å²) in [5.74, 6) is 0.286. The van der Waals surface area contributed by atoms with Crippen molar-refractivity contribution >= 4 is 16.8 Å². The zero-order valence-electron chi connectivity index (χ0n) is 13.1. The molecule has 3 unspecified atom stereocenters. The Balaban J connectivity index is 1.50. The van der Waals surface area contributed by atoms with Crippen LogP contribution in [0.2, 0.25) is 0 Å². The van der Waals surface area contributed by atoms with Crippen LogP contribution in [0.4, 0.5) is 8.78 Å². The van der Waals surface area contributed by atoms with Crippen molar-refractivity contribution < 1.29 is 18.3 Å². The summed E-state index contributed by atoms with van der Waals surface area (Å²) in [5.41, 5.74) is 0.774. The summed E-state index contributed by atoms with van der Waals surface area (Å²) < 4.78 is 28.9. The topological polar surface area (TPSA) is 70.2 Å². The van der Waals surface area contributed by atoms with Crippen molar-refractivity contribution in [3.8, 4) is 5.75 Å². The molecule has 0 spiro atoms. The second-order valence-corrected chi connectivity index (χ2v) is 6.56. The van der Waals surface area contributed by atoms with E-state index >= 15 is 0 Å². The van der Waals surface area contributed by atoms with E-state index in [1.54, 1.807) is 6.07 Å². The number of halogens is 2. The van der Waals surface area contributed by atoms with Crippen LogP contribution in [-0.2, 0) is 0 Å². The van der Waals surface area contributed by atoms with E-state index in [4.69, 9.17) is 0 Å². The summed E-state index contributed by atoms with van der Waals surface area (Å²) in [5, 5.41) is 10.4. The van der Waals surface area contributed by atoms with E-state index in [1.165, 1.54) is 12.1 Å².